The number of carbonyl (C=O) groups is 2. The fourth-order valence-electron chi connectivity index (χ4n) is 2.07. The van der Waals surface area contributed by atoms with Crippen LogP contribution in [0.2, 0.25) is 5.02 Å². The van der Waals surface area contributed by atoms with E-state index in [1.54, 1.807) is 0 Å². The molecule has 0 saturated heterocycles. The van der Waals surface area contributed by atoms with Crippen molar-refractivity contribution in [2.24, 2.45) is 5.73 Å². The van der Waals surface area contributed by atoms with Crippen molar-refractivity contribution in [2.75, 3.05) is 5.75 Å². The second kappa shape index (κ2) is 7.51. The smallest absolute Gasteiger partial charge is 0.318 e. The number of primary amides is 1. The largest absolute Gasteiger partial charge is 0.351 e. The van der Waals surface area contributed by atoms with E-state index >= 15 is 0 Å². The van der Waals surface area contributed by atoms with Gasteiger partial charge in [0, 0.05) is 23.7 Å². The molecule has 0 atom stereocenters. The second-order valence-corrected chi connectivity index (χ2v) is 6.19. The Kier molecular flexibility index (Phi) is 5.68. The minimum Gasteiger partial charge on any atom is -0.351 e. The Morgan fingerprint density at radius 1 is 1.45 bits per heavy atom. The van der Waals surface area contributed by atoms with Crippen LogP contribution in [0.15, 0.2) is 23.4 Å². The molecule has 2 aromatic rings. The number of amides is 3. The molecule has 0 radical (unpaired) electrons. The molecule has 22 heavy (non-hydrogen) atoms. The number of rotatable bonds is 6. The molecule has 0 spiro atoms. The normalized spacial score (nSPS) is 10.8. The van der Waals surface area contributed by atoms with Crippen LogP contribution in [-0.4, -0.2) is 27.2 Å². The van der Waals surface area contributed by atoms with Gasteiger partial charge in [-0.25, -0.2) is 9.78 Å². The first-order valence-corrected chi connectivity index (χ1v) is 8.25. The third-order valence-electron chi connectivity index (χ3n) is 2.95. The summed E-state index contributed by atoms with van der Waals surface area (Å²) in [7, 11) is 0. The summed E-state index contributed by atoms with van der Waals surface area (Å²) in [5.41, 5.74) is 6.76. The lowest BCUT2D eigenvalue weighted by Crippen LogP contribution is -2.35. The van der Waals surface area contributed by atoms with Gasteiger partial charge in [-0.3, -0.25) is 10.1 Å². The van der Waals surface area contributed by atoms with E-state index in [1.165, 1.54) is 11.8 Å². The summed E-state index contributed by atoms with van der Waals surface area (Å²) in [6.07, 6.45) is 1.17. The summed E-state index contributed by atoms with van der Waals surface area (Å²) in [6, 6.07) is 4.78. The van der Waals surface area contributed by atoms with E-state index in [9.17, 15) is 9.59 Å². The molecule has 0 bridgehead atoms. The molecule has 3 N–H and O–H groups in total. The fraction of sp³-hybridized carbons (Fsp3) is 0.357. The first kappa shape index (κ1) is 16.6. The van der Waals surface area contributed by atoms with Gasteiger partial charge in [0.15, 0.2) is 5.16 Å². The first-order valence-electron chi connectivity index (χ1n) is 6.89. The number of thioether (sulfide) groups is 1. The maximum absolute atomic E-state index is 11.4. The zero-order valence-corrected chi connectivity index (χ0v) is 13.7. The Bertz CT molecular complexity index is 701. The SMILES string of the molecule is CCCn1c(SCCC(=O)NC(N)=O)nc2cc(Cl)ccc21. The number of hydrogen-bond acceptors (Lipinski definition) is 4. The number of imidazole rings is 1. The number of aromatic nitrogens is 2. The third-order valence-corrected chi connectivity index (χ3v) is 4.16. The third kappa shape index (κ3) is 4.14. The van der Waals surface area contributed by atoms with Gasteiger partial charge in [0.05, 0.1) is 11.0 Å². The van der Waals surface area contributed by atoms with Crippen molar-refractivity contribution < 1.29 is 9.59 Å². The van der Waals surface area contributed by atoms with Crippen LogP contribution in [0.5, 0.6) is 0 Å². The monoisotopic (exact) mass is 340 g/mol. The predicted molar refractivity (Wildman–Crippen MR) is 88.1 cm³/mol. The molecule has 0 aliphatic heterocycles. The number of benzene rings is 1. The Morgan fingerprint density at radius 3 is 2.91 bits per heavy atom. The van der Waals surface area contributed by atoms with E-state index in [-0.39, 0.29) is 12.3 Å². The van der Waals surface area contributed by atoms with Gasteiger partial charge < -0.3 is 10.3 Å². The molecule has 0 fully saturated rings. The lowest BCUT2D eigenvalue weighted by molar-refractivity contribution is -0.119. The summed E-state index contributed by atoms with van der Waals surface area (Å²) in [6.45, 7) is 2.93. The second-order valence-electron chi connectivity index (χ2n) is 4.69. The molecular weight excluding hydrogens is 324 g/mol. The topological polar surface area (TPSA) is 90.0 Å². The Balaban J connectivity index is 2.11. The van der Waals surface area contributed by atoms with Crippen molar-refractivity contribution in [1.82, 2.24) is 14.9 Å². The number of urea groups is 1. The highest BCUT2D eigenvalue weighted by atomic mass is 35.5. The fourth-order valence-corrected chi connectivity index (χ4v) is 3.21. The molecule has 6 nitrogen and oxygen atoms in total. The molecule has 0 aliphatic carbocycles. The molecule has 0 unspecified atom stereocenters. The van der Waals surface area contributed by atoms with E-state index in [1.807, 2.05) is 23.5 Å². The number of carbonyl (C=O) groups excluding carboxylic acids is 2. The lowest BCUT2D eigenvalue weighted by atomic mass is 10.3. The molecule has 3 amide bonds. The van der Waals surface area contributed by atoms with Crippen LogP contribution < -0.4 is 11.1 Å². The van der Waals surface area contributed by atoms with Crippen LogP contribution in [0.3, 0.4) is 0 Å². The maximum atomic E-state index is 11.4. The van der Waals surface area contributed by atoms with E-state index in [2.05, 4.69) is 16.5 Å². The van der Waals surface area contributed by atoms with Crippen LogP contribution in [0.25, 0.3) is 11.0 Å². The first-order chi connectivity index (χ1) is 10.5. The van der Waals surface area contributed by atoms with Gasteiger partial charge in [0.25, 0.3) is 0 Å². The van der Waals surface area contributed by atoms with Crippen molar-refractivity contribution in [2.45, 2.75) is 31.5 Å². The molecule has 118 valence electrons. The number of aryl methyl sites for hydroxylation is 1. The number of halogens is 1. The molecule has 8 heteroatoms. The van der Waals surface area contributed by atoms with Crippen molar-refractivity contribution in [1.29, 1.82) is 0 Å². The molecule has 0 saturated carbocycles. The van der Waals surface area contributed by atoms with E-state index in [0.717, 1.165) is 29.2 Å². The van der Waals surface area contributed by atoms with Gasteiger partial charge in [0.1, 0.15) is 0 Å². The molecule has 1 heterocycles. The molecule has 1 aromatic carbocycles. The van der Waals surface area contributed by atoms with Gasteiger partial charge >= 0.3 is 6.03 Å². The number of fused-ring (bicyclic) bond motifs is 1. The van der Waals surface area contributed by atoms with Crippen molar-refractivity contribution in [3.63, 3.8) is 0 Å². The number of imide groups is 1. The minimum absolute atomic E-state index is 0.198. The van der Waals surface area contributed by atoms with Crippen molar-refractivity contribution in [3.8, 4) is 0 Å². The summed E-state index contributed by atoms with van der Waals surface area (Å²) < 4.78 is 2.11. The number of nitrogens with two attached hydrogens (primary N) is 1. The lowest BCUT2D eigenvalue weighted by Gasteiger charge is -2.07. The Morgan fingerprint density at radius 2 is 2.23 bits per heavy atom. The predicted octanol–water partition coefficient (Wildman–Crippen LogP) is 2.78. The highest BCUT2D eigenvalue weighted by Gasteiger charge is 2.12. The van der Waals surface area contributed by atoms with Gasteiger partial charge in [0.2, 0.25) is 5.91 Å². The van der Waals surface area contributed by atoms with Crippen LogP contribution in [0.1, 0.15) is 19.8 Å². The van der Waals surface area contributed by atoms with Gasteiger partial charge in [-0.2, -0.15) is 0 Å². The zero-order valence-electron chi connectivity index (χ0n) is 12.1. The molecular formula is C14H17ClN4O2S. The highest BCUT2D eigenvalue weighted by molar-refractivity contribution is 7.99. The molecule has 0 aliphatic rings. The average molecular weight is 341 g/mol. The van der Waals surface area contributed by atoms with Gasteiger partial charge in [-0.15, -0.1) is 0 Å². The maximum Gasteiger partial charge on any atom is 0.318 e. The van der Waals surface area contributed by atoms with Crippen LogP contribution in [0.4, 0.5) is 4.79 Å². The highest BCUT2D eigenvalue weighted by Crippen LogP contribution is 2.26. The standard InChI is InChI=1S/C14H17ClN4O2S/c1-2-6-19-11-4-3-9(15)8-10(11)17-14(19)22-7-5-12(20)18-13(16)21/h3-4,8H,2,5-7H2,1H3,(H3,16,18,20,21). The molecule has 1 aromatic heterocycles. The van der Waals surface area contributed by atoms with E-state index in [4.69, 9.17) is 17.3 Å². The number of nitrogens with one attached hydrogen (secondary N) is 1. The summed E-state index contributed by atoms with van der Waals surface area (Å²) >= 11 is 7.47. The van der Waals surface area contributed by atoms with Gasteiger partial charge in [-0.05, 0) is 24.6 Å². The Labute approximate surface area is 137 Å². The van der Waals surface area contributed by atoms with E-state index < -0.39 is 6.03 Å². The Hall–Kier alpha value is -1.73. The van der Waals surface area contributed by atoms with Crippen LogP contribution in [0, 0.1) is 0 Å². The van der Waals surface area contributed by atoms with Crippen LogP contribution in [-0.2, 0) is 11.3 Å². The van der Waals surface area contributed by atoms with Crippen molar-refractivity contribution >= 4 is 46.3 Å². The number of hydrogen-bond donors (Lipinski definition) is 2. The average Bonchev–Trinajstić information content (AvgIpc) is 2.75. The molecule has 2 rings (SSSR count). The van der Waals surface area contributed by atoms with E-state index in [0.29, 0.717) is 10.8 Å². The summed E-state index contributed by atoms with van der Waals surface area (Å²) in [5, 5.41) is 3.53. The van der Waals surface area contributed by atoms with Crippen molar-refractivity contribution in [3.05, 3.63) is 23.2 Å². The quantitative estimate of drug-likeness (QED) is 0.791. The van der Waals surface area contributed by atoms with Crippen LogP contribution >= 0.6 is 23.4 Å². The summed E-state index contributed by atoms with van der Waals surface area (Å²) in [4.78, 5) is 26.6. The minimum atomic E-state index is -0.831. The summed E-state index contributed by atoms with van der Waals surface area (Å²) in [5.74, 6) is 0.126. The number of nitrogens with zero attached hydrogens (tertiary/aromatic N) is 2. The van der Waals surface area contributed by atoms with Gasteiger partial charge in [-0.1, -0.05) is 30.3 Å². The zero-order chi connectivity index (χ0) is 16.1.